The molecule has 16 heavy (non-hydrogen) atoms. The van der Waals surface area contributed by atoms with Gasteiger partial charge < -0.3 is 10.4 Å². The van der Waals surface area contributed by atoms with Crippen LogP contribution in [0.15, 0.2) is 18.3 Å². The molecule has 1 aliphatic rings. The molecular weight excluding hydrogens is 204 g/mol. The van der Waals surface area contributed by atoms with Crippen LogP contribution < -0.4 is 5.32 Å². The fraction of sp³-hybridized carbons (Fsp3) is 0.455. The summed E-state index contributed by atoms with van der Waals surface area (Å²) in [6.07, 6.45) is 4.00. The van der Waals surface area contributed by atoms with Gasteiger partial charge in [0.2, 0.25) is 5.65 Å². The lowest BCUT2D eigenvalue weighted by atomic mass is 10.1. The van der Waals surface area contributed by atoms with E-state index in [0.29, 0.717) is 11.6 Å². The minimum Gasteiger partial charge on any atom is -0.504 e. The normalized spacial score (nSPS) is 20.6. The Hall–Kier alpha value is -1.62. The smallest absolute Gasteiger partial charge is 0.203 e. The van der Waals surface area contributed by atoms with Gasteiger partial charge in [0, 0.05) is 12.6 Å². The number of hydrogen-bond acceptors (Lipinski definition) is 4. The molecule has 1 aliphatic heterocycles. The number of hydrogen-bond donors (Lipinski definition) is 2. The lowest BCUT2D eigenvalue weighted by molar-refractivity contribution is 0.477. The van der Waals surface area contributed by atoms with Gasteiger partial charge in [-0.15, -0.1) is 10.2 Å². The molecule has 3 heterocycles. The van der Waals surface area contributed by atoms with E-state index in [2.05, 4.69) is 15.5 Å². The highest BCUT2D eigenvalue weighted by Crippen LogP contribution is 2.19. The van der Waals surface area contributed by atoms with Gasteiger partial charge in [-0.3, -0.25) is 4.40 Å². The highest BCUT2D eigenvalue weighted by Gasteiger charge is 2.18. The van der Waals surface area contributed by atoms with Crippen molar-refractivity contribution < 1.29 is 5.11 Å². The SMILES string of the molecule is Oc1cccn2c(CC3CCNC3)nnc12. The van der Waals surface area contributed by atoms with E-state index in [1.165, 1.54) is 6.42 Å². The molecule has 0 spiro atoms. The second kappa shape index (κ2) is 3.75. The van der Waals surface area contributed by atoms with Crippen molar-refractivity contribution in [2.45, 2.75) is 12.8 Å². The Labute approximate surface area is 93.1 Å². The average Bonchev–Trinajstić information content (AvgIpc) is 2.90. The van der Waals surface area contributed by atoms with Gasteiger partial charge in [-0.2, -0.15) is 0 Å². The van der Waals surface area contributed by atoms with Crippen molar-refractivity contribution in [2.75, 3.05) is 13.1 Å². The zero-order chi connectivity index (χ0) is 11.0. The minimum atomic E-state index is 0.186. The summed E-state index contributed by atoms with van der Waals surface area (Å²) in [6.45, 7) is 2.14. The molecular formula is C11H14N4O. The number of fused-ring (bicyclic) bond motifs is 1. The van der Waals surface area contributed by atoms with E-state index in [4.69, 9.17) is 0 Å². The highest BCUT2D eigenvalue weighted by atomic mass is 16.3. The first-order valence-electron chi connectivity index (χ1n) is 5.57. The van der Waals surface area contributed by atoms with Crippen molar-refractivity contribution in [3.8, 4) is 5.75 Å². The summed E-state index contributed by atoms with van der Waals surface area (Å²) in [7, 11) is 0. The second-order valence-electron chi connectivity index (χ2n) is 4.27. The predicted molar refractivity (Wildman–Crippen MR) is 59.3 cm³/mol. The van der Waals surface area contributed by atoms with E-state index in [0.717, 1.165) is 25.3 Å². The van der Waals surface area contributed by atoms with Gasteiger partial charge in [0.1, 0.15) is 5.82 Å². The molecule has 1 atom stereocenters. The molecule has 2 N–H and O–H groups in total. The van der Waals surface area contributed by atoms with E-state index in [1.807, 2.05) is 16.7 Å². The first-order valence-corrected chi connectivity index (χ1v) is 5.57. The summed E-state index contributed by atoms with van der Waals surface area (Å²) in [6, 6.07) is 3.44. The molecule has 0 radical (unpaired) electrons. The summed E-state index contributed by atoms with van der Waals surface area (Å²) >= 11 is 0. The molecule has 5 heteroatoms. The van der Waals surface area contributed by atoms with E-state index in [1.54, 1.807) is 6.07 Å². The van der Waals surface area contributed by atoms with Crippen LogP contribution >= 0.6 is 0 Å². The maximum absolute atomic E-state index is 9.61. The van der Waals surface area contributed by atoms with Gasteiger partial charge in [-0.25, -0.2) is 0 Å². The molecule has 0 aliphatic carbocycles. The maximum Gasteiger partial charge on any atom is 0.203 e. The van der Waals surface area contributed by atoms with Gasteiger partial charge in [0.15, 0.2) is 5.75 Å². The lowest BCUT2D eigenvalue weighted by Crippen LogP contribution is -2.12. The summed E-state index contributed by atoms with van der Waals surface area (Å²) < 4.78 is 1.87. The van der Waals surface area contributed by atoms with E-state index in [9.17, 15) is 5.11 Å². The average molecular weight is 218 g/mol. The van der Waals surface area contributed by atoms with Crippen LogP contribution in [-0.4, -0.2) is 32.8 Å². The third-order valence-electron chi connectivity index (χ3n) is 3.12. The van der Waals surface area contributed by atoms with Crippen LogP contribution in [0.2, 0.25) is 0 Å². The van der Waals surface area contributed by atoms with Crippen LogP contribution in [0.4, 0.5) is 0 Å². The summed E-state index contributed by atoms with van der Waals surface area (Å²) in [5.74, 6) is 1.75. The third kappa shape index (κ3) is 1.53. The van der Waals surface area contributed by atoms with Gasteiger partial charge >= 0.3 is 0 Å². The van der Waals surface area contributed by atoms with Gasteiger partial charge in [0.05, 0.1) is 0 Å². The first-order chi connectivity index (χ1) is 7.84. The van der Waals surface area contributed by atoms with Crippen LogP contribution in [0.25, 0.3) is 5.65 Å². The Morgan fingerprint density at radius 1 is 1.50 bits per heavy atom. The summed E-state index contributed by atoms with van der Waals surface area (Å²) in [4.78, 5) is 0. The topological polar surface area (TPSA) is 62.5 Å². The number of aromatic nitrogens is 3. The molecule has 0 saturated carbocycles. The molecule has 84 valence electrons. The van der Waals surface area contributed by atoms with Gasteiger partial charge in [-0.05, 0) is 37.6 Å². The Morgan fingerprint density at radius 2 is 2.44 bits per heavy atom. The van der Waals surface area contributed by atoms with E-state index >= 15 is 0 Å². The number of nitrogens with zero attached hydrogens (tertiary/aromatic N) is 3. The van der Waals surface area contributed by atoms with Gasteiger partial charge in [-0.1, -0.05) is 0 Å². The molecule has 0 aromatic carbocycles. The van der Waals surface area contributed by atoms with Crippen molar-refractivity contribution >= 4 is 5.65 Å². The zero-order valence-electron chi connectivity index (χ0n) is 8.93. The summed E-state index contributed by atoms with van der Waals surface area (Å²) in [5.41, 5.74) is 0.545. The Morgan fingerprint density at radius 3 is 3.25 bits per heavy atom. The highest BCUT2D eigenvalue weighted by molar-refractivity contribution is 5.51. The Kier molecular flexibility index (Phi) is 2.25. The monoisotopic (exact) mass is 218 g/mol. The van der Waals surface area contributed by atoms with Crippen LogP contribution in [0, 0.1) is 5.92 Å². The predicted octanol–water partition coefficient (Wildman–Crippen LogP) is 0.587. The molecule has 1 saturated heterocycles. The van der Waals surface area contributed by atoms with Crippen LogP contribution in [0.3, 0.4) is 0 Å². The molecule has 5 nitrogen and oxygen atoms in total. The van der Waals surface area contributed by atoms with Crippen LogP contribution in [0.1, 0.15) is 12.2 Å². The standard InChI is InChI=1S/C11H14N4O/c16-9-2-1-5-15-10(13-14-11(9)15)6-8-3-4-12-7-8/h1-2,5,8,12,16H,3-4,6-7H2. The number of aromatic hydroxyl groups is 1. The molecule has 0 amide bonds. The first kappa shape index (κ1) is 9.59. The Bertz CT molecular complexity index is 502. The van der Waals surface area contributed by atoms with Crippen molar-refractivity contribution in [2.24, 2.45) is 5.92 Å². The van der Waals surface area contributed by atoms with Gasteiger partial charge in [0.25, 0.3) is 0 Å². The molecule has 1 unspecified atom stereocenters. The molecule has 0 bridgehead atoms. The van der Waals surface area contributed by atoms with E-state index < -0.39 is 0 Å². The second-order valence-corrected chi connectivity index (χ2v) is 4.27. The fourth-order valence-corrected chi connectivity index (χ4v) is 2.24. The molecule has 3 rings (SSSR count). The van der Waals surface area contributed by atoms with Crippen LogP contribution in [-0.2, 0) is 6.42 Å². The Balaban J connectivity index is 1.94. The summed E-state index contributed by atoms with van der Waals surface area (Å²) in [5, 5.41) is 21.1. The van der Waals surface area contributed by atoms with Crippen molar-refractivity contribution in [1.29, 1.82) is 0 Å². The van der Waals surface area contributed by atoms with Crippen LogP contribution in [0.5, 0.6) is 5.75 Å². The van der Waals surface area contributed by atoms with Crippen molar-refractivity contribution in [3.63, 3.8) is 0 Å². The zero-order valence-corrected chi connectivity index (χ0v) is 8.93. The number of pyridine rings is 1. The van der Waals surface area contributed by atoms with Crippen molar-refractivity contribution in [3.05, 3.63) is 24.2 Å². The number of rotatable bonds is 2. The molecule has 2 aromatic rings. The number of nitrogens with one attached hydrogen (secondary N) is 1. The quantitative estimate of drug-likeness (QED) is 0.774. The van der Waals surface area contributed by atoms with Crippen molar-refractivity contribution in [1.82, 2.24) is 19.9 Å². The largest absolute Gasteiger partial charge is 0.504 e. The minimum absolute atomic E-state index is 0.186. The third-order valence-corrected chi connectivity index (χ3v) is 3.12. The maximum atomic E-state index is 9.61. The van der Waals surface area contributed by atoms with E-state index in [-0.39, 0.29) is 5.75 Å². The fourth-order valence-electron chi connectivity index (χ4n) is 2.24. The lowest BCUT2D eigenvalue weighted by Gasteiger charge is -2.05. The molecule has 2 aromatic heterocycles. The molecule has 1 fully saturated rings.